The molecule has 1 heterocycles. The molecule has 2 rings (SSSR count). The maximum atomic E-state index is 11.6. The highest BCUT2D eigenvalue weighted by atomic mass is 16.5. The number of nitrogens with zero attached hydrogens (tertiary/aromatic N) is 1. The molecule has 0 radical (unpaired) electrons. The first-order valence-electron chi connectivity index (χ1n) is 5.73. The molecule has 0 bridgehead atoms. The average molecular weight is 258 g/mol. The van der Waals surface area contributed by atoms with Crippen LogP contribution in [-0.2, 0) is 4.74 Å². The van der Waals surface area contributed by atoms with Gasteiger partial charge >= 0.3 is 5.97 Å². The van der Waals surface area contributed by atoms with Crippen molar-refractivity contribution in [3.8, 4) is 11.6 Å². The number of hydrogen-bond acceptors (Lipinski definition) is 5. The van der Waals surface area contributed by atoms with E-state index >= 15 is 0 Å². The number of ether oxygens (including phenoxy) is 2. The molecule has 0 atom stereocenters. The number of benzene rings is 1. The number of esters is 1. The Morgan fingerprint density at radius 3 is 2.58 bits per heavy atom. The van der Waals surface area contributed by atoms with E-state index in [9.17, 15) is 4.79 Å². The summed E-state index contributed by atoms with van der Waals surface area (Å²) in [7, 11) is 3.16. The van der Waals surface area contributed by atoms with Crippen molar-refractivity contribution in [1.82, 2.24) is 4.98 Å². The predicted molar refractivity (Wildman–Crippen MR) is 71.6 cm³/mol. The Balaban J connectivity index is 2.25. The van der Waals surface area contributed by atoms with E-state index in [0.29, 0.717) is 11.3 Å². The Morgan fingerprint density at radius 2 is 1.95 bits per heavy atom. The predicted octanol–water partition coefficient (Wildman–Crippen LogP) is 2.70. The second-order valence-corrected chi connectivity index (χ2v) is 3.72. The first-order chi connectivity index (χ1) is 9.24. The summed E-state index contributed by atoms with van der Waals surface area (Å²) in [5.74, 6) is 0.351. The molecule has 0 fully saturated rings. The van der Waals surface area contributed by atoms with Crippen molar-refractivity contribution in [2.24, 2.45) is 0 Å². The first-order valence-corrected chi connectivity index (χ1v) is 5.73. The first kappa shape index (κ1) is 12.9. The third-order valence-corrected chi connectivity index (χ3v) is 2.53. The van der Waals surface area contributed by atoms with Gasteiger partial charge < -0.3 is 14.8 Å². The van der Waals surface area contributed by atoms with Crippen LogP contribution < -0.4 is 10.1 Å². The van der Waals surface area contributed by atoms with Crippen LogP contribution in [-0.4, -0.2) is 25.1 Å². The number of methoxy groups -OCH3 is 1. The van der Waals surface area contributed by atoms with Gasteiger partial charge in [-0.2, -0.15) is 0 Å². The second-order valence-electron chi connectivity index (χ2n) is 3.72. The summed E-state index contributed by atoms with van der Waals surface area (Å²) in [6.07, 6.45) is 1.56. The molecule has 1 aromatic heterocycles. The highest BCUT2D eigenvalue weighted by Crippen LogP contribution is 2.24. The molecule has 1 N–H and O–H groups in total. The Bertz CT molecular complexity index is 567. The molecule has 2 aromatic rings. The topological polar surface area (TPSA) is 60.5 Å². The van der Waals surface area contributed by atoms with Gasteiger partial charge in [0, 0.05) is 18.9 Å². The third-order valence-electron chi connectivity index (χ3n) is 2.53. The van der Waals surface area contributed by atoms with Crippen molar-refractivity contribution in [3.63, 3.8) is 0 Å². The number of anilines is 1. The quantitative estimate of drug-likeness (QED) is 0.854. The molecule has 0 aliphatic heterocycles. The molecule has 0 amide bonds. The maximum Gasteiger partial charge on any atom is 0.343 e. The largest absolute Gasteiger partial charge is 0.465 e. The summed E-state index contributed by atoms with van der Waals surface area (Å²) in [6.45, 7) is 0. The number of nitrogens with one attached hydrogen (secondary N) is 1. The zero-order valence-corrected chi connectivity index (χ0v) is 10.7. The van der Waals surface area contributed by atoms with Gasteiger partial charge in [-0.05, 0) is 36.4 Å². The number of carbonyl (C=O) groups is 1. The number of pyridine rings is 1. The molecule has 0 spiro atoms. The van der Waals surface area contributed by atoms with E-state index in [2.05, 4.69) is 15.0 Å². The van der Waals surface area contributed by atoms with E-state index in [0.717, 1.165) is 5.69 Å². The van der Waals surface area contributed by atoms with E-state index in [4.69, 9.17) is 4.74 Å². The molecule has 5 heteroatoms. The van der Waals surface area contributed by atoms with Crippen LogP contribution >= 0.6 is 0 Å². The monoisotopic (exact) mass is 258 g/mol. The standard InChI is InChI=1S/C14H14N2O3/c1-15-10-5-7-11(8-6-10)19-13-12(14(17)18-2)4-3-9-16-13/h3-9,15H,1-2H3. The van der Waals surface area contributed by atoms with Crippen LogP contribution in [0.4, 0.5) is 5.69 Å². The van der Waals surface area contributed by atoms with Gasteiger partial charge in [-0.1, -0.05) is 0 Å². The molecule has 19 heavy (non-hydrogen) atoms. The van der Waals surface area contributed by atoms with Crippen LogP contribution in [0.15, 0.2) is 42.6 Å². The summed E-state index contributed by atoms with van der Waals surface area (Å²) >= 11 is 0. The van der Waals surface area contributed by atoms with Gasteiger partial charge in [-0.15, -0.1) is 0 Å². The Kier molecular flexibility index (Phi) is 3.97. The molecule has 0 aliphatic carbocycles. The fraction of sp³-hybridized carbons (Fsp3) is 0.143. The Labute approximate surface area is 111 Å². The van der Waals surface area contributed by atoms with Crippen LogP contribution in [0, 0.1) is 0 Å². The molecular weight excluding hydrogens is 244 g/mol. The zero-order chi connectivity index (χ0) is 13.7. The van der Waals surface area contributed by atoms with Gasteiger partial charge in [0.2, 0.25) is 5.88 Å². The lowest BCUT2D eigenvalue weighted by atomic mass is 10.2. The normalized spacial score (nSPS) is 9.79. The third kappa shape index (κ3) is 3.01. The Hall–Kier alpha value is -2.56. The van der Waals surface area contributed by atoms with Gasteiger partial charge in [-0.3, -0.25) is 0 Å². The van der Waals surface area contributed by atoms with Crippen LogP contribution in [0.1, 0.15) is 10.4 Å². The minimum Gasteiger partial charge on any atom is -0.465 e. The van der Waals surface area contributed by atoms with E-state index in [-0.39, 0.29) is 5.88 Å². The van der Waals surface area contributed by atoms with Crippen LogP contribution in [0.25, 0.3) is 0 Å². The van der Waals surface area contributed by atoms with Crippen LogP contribution in [0.5, 0.6) is 11.6 Å². The fourth-order valence-corrected chi connectivity index (χ4v) is 1.54. The summed E-state index contributed by atoms with van der Waals surface area (Å²) in [5, 5.41) is 3.01. The second kappa shape index (κ2) is 5.86. The van der Waals surface area contributed by atoms with Crippen molar-refractivity contribution in [3.05, 3.63) is 48.2 Å². The van der Waals surface area contributed by atoms with Crippen molar-refractivity contribution < 1.29 is 14.3 Å². The van der Waals surface area contributed by atoms with Crippen LogP contribution in [0.3, 0.4) is 0 Å². The molecular formula is C14H14N2O3. The van der Waals surface area contributed by atoms with E-state index < -0.39 is 5.97 Å². The van der Waals surface area contributed by atoms with Crippen molar-refractivity contribution in [1.29, 1.82) is 0 Å². The molecule has 0 unspecified atom stereocenters. The average Bonchev–Trinajstić information content (AvgIpc) is 2.48. The van der Waals surface area contributed by atoms with Gasteiger partial charge in [0.05, 0.1) is 7.11 Å². The number of hydrogen-bond donors (Lipinski definition) is 1. The minimum absolute atomic E-state index is 0.228. The lowest BCUT2D eigenvalue weighted by Gasteiger charge is -2.08. The summed E-state index contributed by atoms with van der Waals surface area (Å²) in [6, 6.07) is 10.6. The number of rotatable bonds is 4. The fourth-order valence-electron chi connectivity index (χ4n) is 1.54. The summed E-state index contributed by atoms with van der Waals surface area (Å²) in [4.78, 5) is 15.6. The lowest BCUT2D eigenvalue weighted by Crippen LogP contribution is -2.04. The van der Waals surface area contributed by atoms with E-state index in [1.54, 1.807) is 30.5 Å². The van der Waals surface area contributed by atoms with Crippen LogP contribution in [0.2, 0.25) is 0 Å². The molecule has 5 nitrogen and oxygen atoms in total. The smallest absolute Gasteiger partial charge is 0.343 e. The van der Waals surface area contributed by atoms with Crippen molar-refractivity contribution >= 4 is 11.7 Å². The zero-order valence-electron chi connectivity index (χ0n) is 10.7. The molecule has 0 aliphatic rings. The van der Waals surface area contributed by atoms with E-state index in [1.165, 1.54) is 7.11 Å². The van der Waals surface area contributed by atoms with Gasteiger partial charge in [0.1, 0.15) is 11.3 Å². The maximum absolute atomic E-state index is 11.6. The number of aromatic nitrogens is 1. The highest BCUT2D eigenvalue weighted by Gasteiger charge is 2.14. The molecule has 0 saturated heterocycles. The van der Waals surface area contributed by atoms with E-state index in [1.807, 2.05) is 19.2 Å². The van der Waals surface area contributed by atoms with Gasteiger partial charge in [0.15, 0.2) is 0 Å². The SMILES string of the molecule is CNc1ccc(Oc2ncccc2C(=O)OC)cc1. The lowest BCUT2D eigenvalue weighted by molar-refractivity contribution is 0.0597. The number of carbonyl (C=O) groups excluding carboxylic acids is 1. The van der Waals surface area contributed by atoms with Gasteiger partial charge in [0.25, 0.3) is 0 Å². The summed E-state index contributed by atoms with van der Waals surface area (Å²) in [5.41, 5.74) is 1.27. The minimum atomic E-state index is -0.477. The molecule has 1 aromatic carbocycles. The van der Waals surface area contributed by atoms with Crippen molar-refractivity contribution in [2.75, 3.05) is 19.5 Å². The highest BCUT2D eigenvalue weighted by molar-refractivity contribution is 5.91. The summed E-state index contributed by atoms with van der Waals surface area (Å²) < 4.78 is 10.3. The molecule has 0 saturated carbocycles. The van der Waals surface area contributed by atoms with Crippen molar-refractivity contribution in [2.45, 2.75) is 0 Å². The molecule has 98 valence electrons. The van der Waals surface area contributed by atoms with Gasteiger partial charge in [-0.25, -0.2) is 9.78 Å². The Morgan fingerprint density at radius 1 is 1.21 bits per heavy atom.